The molecule has 0 saturated carbocycles. The zero-order chi connectivity index (χ0) is 25.3. The highest BCUT2D eigenvalue weighted by Gasteiger charge is 2.31. The SMILES string of the molecule is CCc1nc(C(C)(C)O)c(C(=O)O)n1Cc1ccc(-c2ccccc2C(=O)OC(C)(C)C)cc1. The zero-order valence-corrected chi connectivity index (χ0v) is 20.5. The van der Waals surface area contributed by atoms with E-state index in [0.717, 1.165) is 16.7 Å². The number of hydrogen-bond acceptors (Lipinski definition) is 5. The van der Waals surface area contributed by atoms with E-state index in [1.54, 1.807) is 16.7 Å². The number of aliphatic hydroxyl groups is 1. The van der Waals surface area contributed by atoms with Gasteiger partial charge in [-0.3, -0.25) is 0 Å². The van der Waals surface area contributed by atoms with E-state index >= 15 is 0 Å². The Morgan fingerprint density at radius 1 is 1.00 bits per heavy atom. The summed E-state index contributed by atoms with van der Waals surface area (Å²) in [5.74, 6) is -0.926. The predicted molar refractivity (Wildman–Crippen MR) is 130 cm³/mol. The van der Waals surface area contributed by atoms with Gasteiger partial charge < -0.3 is 19.5 Å². The number of carboxylic acids is 1. The number of esters is 1. The van der Waals surface area contributed by atoms with Crippen LogP contribution in [0.3, 0.4) is 0 Å². The van der Waals surface area contributed by atoms with Gasteiger partial charge in [0.1, 0.15) is 22.7 Å². The normalized spacial score (nSPS) is 12.0. The molecule has 7 heteroatoms. The third-order valence-corrected chi connectivity index (χ3v) is 5.30. The molecular formula is C27H32N2O5. The molecule has 3 rings (SSSR count). The highest BCUT2D eigenvalue weighted by Crippen LogP contribution is 2.28. The van der Waals surface area contributed by atoms with E-state index in [2.05, 4.69) is 4.98 Å². The molecule has 0 saturated heterocycles. The van der Waals surface area contributed by atoms with Crippen LogP contribution in [0.5, 0.6) is 0 Å². The van der Waals surface area contributed by atoms with Crippen LogP contribution < -0.4 is 0 Å². The van der Waals surface area contributed by atoms with Gasteiger partial charge in [-0.2, -0.15) is 0 Å². The van der Waals surface area contributed by atoms with Gasteiger partial charge in [0.2, 0.25) is 0 Å². The summed E-state index contributed by atoms with van der Waals surface area (Å²) in [5.41, 5.74) is 1.13. The Balaban J connectivity index is 1.96. The third kappa shape index (κ3) is 5.54. The number of aromatic nitrogens is 2. The molecule has 180 valence electrons. The maximum absolute atomic E-state index is 12.7. The van der Waals surface area contributed by atoms with E-state index in [1.165, 1.54) is 13.8 Å². The van der Waals surface area contributed by atoms with Crippen molar-refractivity contribution in [1.29, 1.82) is 0 Å². The molecule has 0 fully saturated rings. The molecule has 34 heavy (non-hydrogen) atoms. The number of imidazole rings is 1. The maximum Gasteiger partial charge on any atom is 0.354 e. The van der Waals surface area contributed by atoms with Crippen molar-refractivity contribution >= 4 is 11.9 Å². The first-order valence-electron chi connectivity index (χ1n) is 11.3. The first kappa shape index (κ1) is 25.2. The number of carbonyl (C=O) groups excluding carboxylic acids is 1. The lowest BCUT2D eigenvalue weighted by Gasteiger charge is -2.20. The van der Waals surface area contributed by atoms with Crippen LogP contribution in [0, 0.1) is 0 Å². The Morgan fingerprint density at radius 2 is 1.62 bits per heavy atom. The largest absolute Gasteiger partial charge is 0.477 e. The van der Waals surface area contributed by atoms with Crippen LogP contribution in [0.25, 0.3) is 11.1 Å². The van der Waals surface area contributed by atoms with Crippen molar-refractivity contribution in [1.82, 2.24) is 9.55 Å². The van der Waals surface area contributed by atoms with Gasteiger partial charge in [-0.25, -0.2) is 14.6 Å². The Morgan fingerprint density at radius 3 is 2.15 bits per heavy atom. The number of rotatable bonds is 7. The molecule has 7 nitrogen and oxygen atoms in total. The van der Waals surface area contributed by atoms with Gasteiger partial charge in [-0.1, -0.05) is 49.4 Å². The molecule has 1 heterocycles. The lowest BCUT2D eigenvalue weighted by atomic mass is 9.98. The Kier molecular flexibility index (Phi) is 6.98. The number of aromatic carboxylic acids is 1. The van der Waals surface area contributed by atoms with E-state index in [-0.39, 0.29) is 17.4 Å². The second-order valence-electron chi connectivity index (χ2n) is 9.77. The van der Waals surface area contributed by atoms with Gasteiger partial charge in [0.15, 0.2) is 5.69 Å². The molecule has 0 aliphatic heterocycles. The molecular weight excluding hydrogens is 432 g/mol. The maximum atomic E-state index is 12.7. The van der Waals surface area contributed by atoms with Gasteiger partial charge >= 0.3 is 11.9 Å². The number of carbonyl (C=O) groups is 2. The molecule has 3 aromatic rings. The summed E-state index contributed by atoms with van der Waals surface area (Å²) in [7, 11) is 0. The van der Waals surface area contributed by atoms with E-state index in [0.29, 0.717) is 24.4 Å². The van der Waals surface area contributed by atoms with Crippen molar-refractivity contribution in [2.75, 3.05) is 0 Å². The number of benzene rings is 2. The van der Waals surface area contributed by atoms with Crippen LogP contribution in [0.15, 0.2) is 48.5 Å². The number of carboxylic acid groups (broad SMARTS) is 1. The van der Waals surface area contributed by atoms with Gasteiger partial charge in [-0.05, 0) is 57.4 Å². The van der Waals surface area contributed by atoms with Crippen LogP contribution in [-0.2, 0) is 23.3 Å². The number of aryl methyl sites for hydroxylation is 1. The Hall–Kier alpha value is -3.45. The van der Waals surface area contributed by atoms with E-state index in [4.69, 9.17) is 4.74 Å². The molecule has 2 aromatic carbocycles. The van der Waals surface area contributed by atoms with Gasteiger partial charge in [0, 0.05) is 13.0 Å². The van der Waals surface area contributed by atoms with Crippen molar-refractivity contribution in [3.05, 3.63) is 76.9 Å². The summed E-state index contributed by atoms with van der Waals surface area (Å²) in [4.78, 5) is 29.2. The van der Waals surface area contributed by atoms with Crippen LogP contribution in [-0.4, -0.2) is 37.3 Å². The standard InChI is InChI=1S/C27H32N2O5/c1-7-21-28-23(27(5,6)33)22(24(30)31)29(21)16-17-12-14-18(15-13-17)19-10-8-9-11-20(19)25(32)34-26(2,3)4/h8-15,33H,7,16H2,1-6H3,(H,30,31). The average Bonchev–Trinajstić information content (AvgIpc) is 3.12. The van der Waals surface area contributed by atoms with Gasteiger partial charge in [-0.15, -0.1) is 0 Å². The molecule has 1 aromatic heterocycles. The summed E-state index contributed by atoms with van der Waals surface area (Å²) in [6.45, 7) is 10.7. The van der Waals surface area contributed by atoms with Crippen molar-refractivity contribution in [3.8, 4) is 11.1 Å². The van der Waals surface area contributed by atoms with Crippen molar-refractivity contribution in [2.24, 2.45) is 0 Å². The van der Waals surface area contributed by atoms with Crippen LogP contribution in [0.1, 0.15) is 79.5 Å². The second-order valence-corrected chi connectivity index (χ2v) is 9.77. The molecule has 2 N–H and O–H groups in total. The van der Waals surface area contributed by atoms with Crippen LogP contribution >= 0.6 is 0 Å². The number of hydrogen-bond donors (Lipinski definition) is 2. The van der Waals surface area contributed by atoms with E-state index in [9.17, 15) is 19.8 Å². The van der Waals surface area contributed by atoms with Gasteiger partial charge in [0.05, 0.1) is 5.56 Å². The van der Waals surface area contributed by atoms with Gasteiger partial charge in [0.25, 0.3) is 0 Å². The summed E-state index contributed by atoms with van der Waals surface area (Å²) in [6.07, 6.45) is 0.526. The molecule has 0 spiro atoms. The molecule has 0 unspecified atom stereocenters. The van der Waals surface area contributed by atoms with Crippen molar-refractivity contribution in [3.63, 3.8) is 0 Å². The smallest absolute Gasteiger partial charge is 0.354 e. The first-order valence-corrected chi connectivity index (χ1v) is 11.3. The minimum Gasteiger partial charge on any atom is -0.477 e. The molecule has 0 bridgehead atoms. The Labute approximate surface area is 200 Å². The fourth-order valence-electron chi connectivity index (χ4n) is 3.80. The molecule has 0 amide bonds. The average molecular weight is 465 g/mol. The number of ether oxygens (including phenoxy) is 1. The third-order valence-electron chi connectivity index (χ3n) is 5.30. The van der Waals surface area contributed by atoms with Crippen LogP contribution in [0.2, 0.25) is 0 Å². The minimum atomic E-state index is -1.38. The van der Waals surface area contributed by atoms with E-state index in [1.807, 2.05) is 64.1 Å². The lowest BCUT2D eigenvalue weighted by molar-refractivity contribution is 0.00701. The fraction of sp³-hybridized carbons (Fsp3) is 0.370. The van der Waals surface area contributed by atoms with E-state index < -0.39 is 17.2 Å². The first-order chi connectivity index (χ1) is 15.8. The highest BCUT2D eigenvalue weighted by atomic mass is 16.6. The molecule has 0 aliphatic carbocycles. The second kappa shape index (κ2) is 9.43. The predicted octanol–water partition coefficient (Wildman–Crippen LogP) is 5.04. The molecule has 0 aliphatic rings. The van der Waals surface area contributed by atoms with Crippen LogP contribution in [0.4, 0.5) is 0 Å². The summed E-state index contributed by atoms with van der Waals surface area (Å²) in [6, 6.07) is 14.9. The summed E-state index contributed by atoms with van der Waals surface area (Å²) >= 11 is 0. The van der Waals surface area contributed by atoms with Crippen molar-refractivity contribution < 1.29 is 24.5 Å². The Bertz CT molecular complexity index is 1200. The topological polar surface area (TPSA) is 102 Å². The minimum absolute atomic E-state index is 0.0105. The highest BCUT2D eigenvalue weighted by molar-refractivity contribution is 5.97. The summed E-state index contributed by atoms with van der Waals surface area (Å²) in [5, 5.41) is 20.3. The lowest BCUT2D eigenvalue weighted by Crippen LogP contribution is -2.24. The molecule has 0 radical (unpaired) electrons. The quantitative estimate of drug-likeness (QED) is 0.475. The zero-order valence-electron chi connectivity index (χ0n) is 20.5. The molecule has 0 atom stereocenters. The summed E-state index contributed by atoms with van der Waals surface area (Å²) < 4.78 is 7.19. The number of nitrogens with zero attached hydrogens (tertiary/aromatic N) is 2. The monoisotopic (exact) mass is 464 g/mol. The fourth-order valence-corrected chi connectivity index (χ4v) is 3.80. The van der Waals surface area contributed by atoms with Crippen molar-refractivity contribution in [2.45, 2.75) is 65.7 Å².